The topological polar surface area (TPSA) is 38.3 Å². The first kappa shape index (κ1) is 12.0. The molecule has 17 heavy (non-hydrogen) atoms. The number of benzene rings is 1. The molecule has 90 valence electrons. The van der Waals surface area contributed by atoms with E-state index in [0.717, 1.165) is 23.4 Å². The third kappa shape index (κ3) is 3.01. The number of nitrogens with one attached hydrogen (secondary N) is 1. The van der Waals surface area contributed by atoms with Crippen LogP contribution in [-0.4, -0.2) is 19.2 Å². The van der Waals surface area contributed by atoms with E-state index < -0.39 is 0 Å². The highest BCUT2D eigenvalue weighted by Crippen LogP contribution is 2.29. The van der Waals surface area contributed by atoms with Gasteiger partial charge in [0.25, 0.3) is 0 Å². The van der Waals surface area contributed by atoms with Crippen LogP contribution in [0.2, 0.25) is 5.02 Å². The van der Waals surface area contributed by atoms with Gasteiger partial charge in [-0.1, -0.05) is 29.8 Å². The molecule has 1 aromatic carbocycles. The molecule has 0 bridgehead atoms. The van der Waals surface area contributed by atoms with Crippen LogP contribution in [0.5, 0.6) is 0 Å². The number of alkyl carbamates (subject to hydrolysis) is 1. The van der Waals surface area contributed by atoms with Crippen molar-refractivity contribution in [1.82, 2.24) is 5.32 Å². The molecule has 3 nitrogen and oxygen atoms in total. The summed E-state index contributed by atoms with van der Waals surface area (Å²) in [5, 5.41) is 3.52. The molecule has 1 N–H and O–H groups in total. The first-order valence-electron chi connectivity index (χ1n) is 5.49. The maximum atomic E-state index is 11.1. The zero-order valence-electron chi connectivity index (χ0n) is 9.57. The van der Waals surface area contributed by atoms with E-state index in [-0.39, 0.29) is 12.1 Å². The number of rotatable bonds is 2. The molecule has 0 heterocycles. The number of carbonyl (C=O) groups is 1. The highest BCUT2D eigenvalue weighted by molar-refractivity contribution is 6.30. The summed E-state index contributed by atoms with van der Waals surface area (Å²) in [6, 6.07) is 7.74. The van der Waals surface area contributed by atoms with Crippen LogP contribution < -0.4 is 5.32 Å². The van der Waals surface area contributed by atoms with Gasteiger partial charge in [-0.25, -0.2) is 4.79 Å². The first-order chi connectivity index (χ1) is 8.19. The fourth-order valence-corrected chi connectivity index (χ4v) is 1.89. The smallest absolute Gasteiger partial charge is 0.407 e. The average molecular weight is 252 g/mol. The molecule has 0 spiro atoms. The lowest BCUT2D eigenvalue weighted by Gasteiger charge is -2.30. The van der Waals surface area contributed by atoms with E-state index in [4.69, 9.17) is 11.6 Å². The van der Waals surface area contributed by atoms with Gasteiger partial charge in [-0.15, -0.1) is 0 Å². The summed E-state index contributed by atoms with van der Waals surface area (Å²) >= 11 is 5.82. The van der Waals surface area contributed by atoms with Crippen molar-refractivity contribution in [3.05, 3.63) is 40.4 Å². The van der Waals surface area contributed by atoms with Crippen molar-refractivity contribution in [3.8, 4) is 0 Å². The van der Waals surface area contributed by atoms with Gasteiger partial charge in [0.05, 0.1) is 13.2 Å². The quantitative estimate of drug-likeness (QED) is 0.876. The monoisotopic (exact) mass is 251 g/mol. The van der Waals surface area contributed by atoms with Crippen molar-refractivity contribution in [1.29, 1.82) is 0 Å². The summed E-state index contributed by atoms with van der Waals surface area (Å²) < 4.78 is 4.58. The van der Waals surface area contributed by atoms with E-state index in [2.05, 4.69) is 16.1 Å². The predicted molar refractivity (Wildman–Crippen MR) is 68.0 cm³/mol. The molecule has 4 heteroatoms. The molecular formula is C13H14ClNO2. The van der Waals surface area contributed by atoms with E-state index >= 15 is 0 Å². The van der Waals surface area contributed by atoms with Crippen molar-refractivity contribution < 1.29 is 9.53 Å². The zero-order chi connectivity index (χ0) is 12.3. The molecule has 1 aliphatic carbocycles. The molecule has 1 unspecified atom stereocenters. The molecule has 0 aliphatic heterocycles. The molecular weight excluding hydrogens is 238 g/mol. The van der Waals surface area contributed by atoms with E-state index in [0.29, 0.717) is 0 Å². The minimum atomic E-state index is -0.378. The molecule has 0 radical (unpaired) electrons. The summed E-state index contributed by atoms with van der Waals surface area (Å²) in [6.45, 7) is 0. The SMILES string of the molecule is COC(=O)NC1CC/C1=C/c1ccc(Cl)cc1. The Hall–Kier alpha value is -1.48. The van der Waals surface area contributed by atoms with Gasteiger partial charge >= 0.3 is 6.09 Å². The largest absolute Gasteiger partial charge is 0.453 e. The van der Waals surface area contributed by atoms with Crippen LogP contribution in [0.25, 0.3) is 6.08 Å². The molecule has 1 amide bonds. The summed E-state index contributed by atoms with van der Waals surface area (Å²) in [6.07, 6.45) is 3.68. The van der Waals surface area contributed by atoms with Crippen molar-refractivity contribution in [2.24, 2.45) is 0 Å². The number of amides is 1. The van der Waals surface area contributed by atoms with Gasteiger partial charge < -0.3 is 10.1 Å². The van der Waals surface area contributed by atoms with Crippen molar-refractivity contribution in [2.45, 2.75) is 18.9 Å². The standard InChI is InChI=1S/C13H14ClNO2/c1-17-13(16)15-12-7-4-10(12)8-9-2-5-11(14)6-3-9/h2-3,5-6,8,12H,4,7H2,1H3,(H,15,16)/b10-8-. The Bertz CT molecular complexity index is 439. The minimum Gasteiger partial charge on any atom is -0.453 e. The number of hydrogen-bond donors (Lipinski definition) is 1. The van der Waals surface area contributed by atoms with Crippen LogP contribution >= 0.6 is 11.6 Å². The van der Waals surface area contributed by atoms with Gasteiger partial charge in [0.2, 0.25) is 0 Å². The van der Waals surface area contributed by atoms with Crippen LogP contribution in [0, 0.1) is 0 Å². The van der Waals surface area contributed by atoms with Crippen LogP contribution in [0.4, 0.5) is 4.79 Å². The van der Waals surface area contributed by atoms with Crippen molar-refractivity contribution in [2.75, 3.05) is 7.11 Å². The Labute approximate surface area is 105 Å². The number of halogens is 1. The van der Waals surface area contributed by atoms with Gasteiger partial charge in [-0.2, -0.15) is 0 Å². The van der Waals surface area contributed by atoms with Gasteiger partial charge in [0.15, 0.2) is 0 Å². The summed E-state index contributed by atoms with van der Waals surface area (Å²) in [4.78, 5) is 11.1. The van der Waals surface area contributed by atoms with Crippen molar-refractivity contribution >= 4 is 23.8 Å². The second kappa shape index (κ2) is 5.23. The van der Waals surface area contributed by atoms with Crippen molar-refractivity contribution in [3.63, 3.8) is 0 Å². The van der Waals surface area contributed by atoms with Crippen LogP contribution in [0.3, 0.4) is 0 Å². The molecule has 2 rings (SSSR count). The first-order valence-corrected chi connectivity index (χ1v) is 5.87. The maximum absolute atomic E-state index is 11.1. The highest BCUT2D eigenvalue weighted by atomic mass is 35.5. The number of hydrogen-bond acceptors (Lipinski definition) is 2. The van der Waals surface area contributed by atoms with Gasteiger partial charge in [0, 0.05) is 5.02 Å². The predicted octanol–water partition coefficient (Wildman–Crippen LogP) is 3.24. The Morgan fingerprint density at radius 2 is 2.18 bits per heavy atom. The Kier molecular flexibility index (Phi) is 3.69. The number of ether oxygens (including phenoxy) is 1. The molecule has 1 aliphatic rings. The number of carbonyl (C=O) groups excluding carboxylic acids is 1. The van der Waals surface area contributed by atoms with Crippen LogP contribution in [-0.2, 0) is 4.74 Å². The molecule has 1 saturated carbocycles. The second-order valence-electron chi connectivity index (χ2n) is 4.00. The Balaban J connectivity index is 2.02. The summed E-state index contributed by atoms with van der Waals surface area (Å²) in [7, 11) is 1.37. The lowest BCUT2D eigenvalue weighted by Crippen LogP contribution is -2.41. The third-order valence-corrected chi connectivity index (χ3v) is 3.12. The van der Waals surface area contributed by atoms with E-state index in [1.165, 1.54) is 12.7 Å². The zero-order valence-corrected chi connectivity index (χ0v) is 10.3. The van der Waals surface area contributed by atoms with Gasteiger partial charge in [0.1, 0.15) is 0 Å². The van der Waals surface area contributed by atoms with E-state index in [9.17, 15) is 4.79 Å². The van der Waals surface area contributed by atoms with E-state index in [1.54, 1.807) is 0 Å². The normalized spacial score (nSPS) is 20.8. The molecule has 1 atom stereocenters. The fraction of sp³-hybridized carbons (Fsp3) is 0.308. The van der Waals surface area contributed by atoms with Gasteiger partial charge in [-0.3, -0.25) is 0 Å². The van der Waals surface area contributed by atoms with Gasteiger partial charge in [-0.05, 0) is 36.1 Å². The second-order valence-corrected chi connectivity index (χ2v) is 4.43. The fourth-order valence-electron chi connectivity index (χ4n) is 1.77. The Morgan fingerprint density at radius 3 is 2.71 bits per heavy atom. The third-order valence-electron chi connectivity index (χ3n) is 2.87. The molecule has 0 aromatic heterocycles. The lowest BCUT2D eigenvalue weighted by atomic mass is 9.85. The Morgan fingerprint density at radius 1 is 1.47 bits per heavy atom. The average Bonchev–Trinajstić information content (AvgIpc) is 2.33. The molecule has 1 aromatic rings. The number of methoxy groups -OCH3 is 1. The summed E-state index contributed by atoms with van der Waals surface area (Å²) in [5.41, 5.74) is 2.32. The maximum Gasteiger partial charge on any atom is 0.407 e. The molecule has 0 saturated heterocycles. The van der Waals surface area contributed by atoms with Crippen LogP contribution in [0.15, 0.2) is 29.8 Å². The van der Waals surface area contributed by atoms with Crippen LogP contribution in [0.1, 0.15) is 18.4 Å². The van der Waals surface area contributed by atoms with E-state index in [1.807, 2.05) is 24.3 Å². The molecule has 1 fully saturated rings. The lowest BCUT2D eigenvalue weighted by molar-refractivity contribution is 0.165. The highest BCUT2D eigenvalue weighted by Gasteiger charge is 2.25. The summed E-state index contributed by atoms with van der Waals surface area (Å²) in [5.74, 6) is 0. The minimum absolute atomic E-state index is 0.109.